The second-order valence-electron chi connectivity index (χ2n) is 8.99. The number of hydrogen-bond donors (Lipinski definition) is 1. The Hall–Kier alpha value is -1.22. The van der Waals surface area contributed by atoms with Gasteiger partial charge in [-0.2, -0.15) is 0 Å². The normalized spacial score (nSPS) is 32.3. The van der Waals surface area contributed by atoms with Gasteiger partial charge in [0.2, 0.25) is 0 Å². The van der Waals surface area contributed by atoms with Crippen molar-refractivity contribution < 1.29 is 9.47 Å². The van der Waals surface area contributed by atoms with Crippen molar-refractivity contribution in [3.8, 4) is 5.75 Å². The topological polar surface area (TPSA) is 49.3 Å². The predicted molar refractivity (Wildman–Crippen MR) is 131 cm³/mol. The van der Waals surface area contributed by atoms with Gasteiger partial charge in [-0.15, -0.1) is 24.0 Å². The number of methoxy groups -OCH3 is 1. The minimum Gasteiger partial charge on any atom is -0.495 e. The molecule has 30 heavy (non-hydrogen) atoms. The summed E-state index contributed by atoms with van der Waals surface area (Å²) in [6, 6.07) is 8.33. The maximum absolute atomic E-state index is 6.14. The molecule has 0 amide bonds. The zero-order valence-electron chi connectivity index (χ0n) is 18.1. The van der Waals surface area contributed by atoms with E-state index < -0.39 is 0 Å². The monoisotopic (exact) mass is 526 g/mol. The van der Waals surface area contributed by atoms with Gasteiger partial charge in [0.1, 0.15) is 5.75 Å². The first-order valence-electron chi connectivity index (χ1n) is 11.3. The molecular formula is C23H35IN4O2. The Morgan fingerprint density at radius 3 is 2.57 bits per heavy atom. The Kier molecular flexibility index (Phi) is 6.97. The summed E-state index contributed by atoms with van der Waals surface area (Å²) in [7, 11) is 1.75. The molecule has 0 saturated carbocycles. The number of anilines is 1. The quantitative estimate of drug-likeness (QED) is 0.363. The lowest BCUT2D eigenvalue weighted by Crippen LogP contribution is -2.41. The molecule has 0 radical (unpaired) electrons. The number of guanidine groups is 1. The van der Waals surface area contributed by atoms with E-state index >= 15 is 0 Å². The molecule has 4 fully saturated rings. The van der Waals surface area contributed by atoms with Crippen molar-refractivity contribution in [1.82, 2.24) is 10.2 Å². The molecule has 5 unspecified atom stereocenters. The van der Waals surface area contributed by atoms with Gasteiger partial charge < -0.3 is 24.6 Å². The van der Waals surface area contributed by atoms with Crippen molar-refractivity contribution in [2.75, 3.05) is 51.3 Å². The Labute approximate surface area is 197 Å². The lowest BCUT2D eigenvalue weighted by atomic mass is 9.82. The number of nitrogens with zero attached hydrogens (tertiary/aromatic N) is 3. The van der Waals surface area contributed by atoms with Crippen LogP contribution in [0.4, 0.5) is 5.69 Å². The van der Waals surface area contributed by atoms with E-state index in [1.54, 1.807) is 7.11 Å². The van der Waals surface area contributed by atoms with Gasteiger partial charge in [0, 0.05) is 51.1 Å². The number of fused-ring (bicyclic) bond motifs is 5. The SMILES string of the molecule is CCNC(=NCC1CCN(c2ccccc2OC)C1)N1CC2C3CCC(O3)C2C1.I. The highest BCUT2D eigenvalue weighted by Crippen LogP contribution is 2.47. The van der Waals surface area contributed by atoms with Crippen LogP contribution in [-0.2, 0) is 4.74 Å². The van der Waals surface area contributed by atoms with Crippen LogP contribution in [0, 0.1) is 17.8 Å². The summed E-state index contributed by atoms with van der Waals surface area (Å²) in [4.78, 5) is 10.0. The van der Waals surface area contributed by atoms with E-state index in [1.807, 2.05) is 12.1 Å². The molecule has 2 bridgehead atoms. The highest BCUT2D eigenvalue weighted by molar-refractivity contribution is 14.0. The van der Waals surface area contributed by atoms with Crippen LogP contribution in [0.25, 0.3) is 0 Å². The average molecular weight is 526 g/mol. The van der Waals surface area contributed by atoms with Crippen LogP contribution < -0.4 is 15.0 Å². The van der Waals surface area contributed by atoms with Crippen molar-refractivity contribution in [1.29, 1.82) is 0 Å². The molecule has 4 saturated heterocycles. The molecule has 4 aliphatic rings. The van der Waals surface area contributed by atoms with Crippen LogP contribution in [0.5, 0.6) is 5.75 Å². The number of benzene rings is 1. The van der Waals surface area contributed by atoms with E-state index in [1.165, 1.54) is 24.9 Å². The molecule has 0 spiro atoms. The van der Waals surface area contributed by atoms with E-state index in [-0.39, 0.29) is 24.0 Å². The van der Waals surface area contributed by atoms with E-state index in [4.69, 9.17) is 14.5 Å². The zero-order chi connectivity index (χ0) is 19.8. The summed E-state index contributed by atoms with van der Waals surface area (Å²) in [5.74, 6) is 4.09. The third kappa shape index (κ3) is 4.11. The molecule has 5 rings (SSSR count). The summed E-state index contributed by atoms with van der Waals surface area (Å²) >= 11 is 0. The average Bonchev–Trinajstić information content (AvgIpc) is 3.53. The fourth-order valence-corrected chi connectivity index (χ4v) is 5.87. The maximum atomic E-state index is 6.14. The summed E-state index contributed by atoms with van der Waals surface area (Å²) in [6.45, 7) is 8.32. The van der Waals surface area contributed by atoms with Crippen molar-refractivity contribution in [3.05, 3.63) is 24.3 Å². The van der Waals surface area contributed by atoms with E-state index in [0.717, 1.165) is 51.0 Å². The molecular weight excluding hydrogens is 491 g/mol. The van der Waals surface area contributed by atoms with Gasteiger partial charge in [0.15, 0.2) is 5.96 Å². The number of likely N-dealkylation sites (tertiary alicyclic amines) is 1. The second kappa shape index (κ2) is 9.51. The number of rotatable bonds is 5. The van der Waals surface area contributed by atoms with Crippen molar-refractivity contribution in [2.24, 2.45) is 22.7 Å². The van der Waals surface area contributed by atoms with Gasteiger partial charge >= 0.3 is 0 Å². The second-order valence-corrected chi connectivity index (χ2v) is 8.99. The molecule has 0 aromatic heterocycles. The molecule has 0 aliphatic carbocycles. The number of ether oxygens (including phenoxy) is 2. The molecule has 1 aromatic carbocycles. The number of para-hydroxylation sites is 2. The van der Waals surface area contributed by atoms with Crippen LogP contribution in [0.3, 0.4) is 0 Å². The fourth-order valence-electron chi connectivity index (χ4n) is 5.87. The first-order chi connectivity index (χ1) is 14.3. The van der Waals surface area contributed by atoms with Crippen molar-refractivity contribution in [3.63, 3.8) is 0 Å². The van der Waals surface area contributed by atoms with Crippen molar-refractivity contribution in [2.45, 2.75) is 38.4 Å². The first-order valence-corrected chi connectivity index (χ1v) is 11.3. The van der Waals surface area contributed by atoms with Gasteiger partial charge in [-0.3, -0.25) is 4.99 Å². The molecule has 4 heterocycles. The smallest absolute Gasteiger partial charge is 0.193 e. The van der Waals surface area contributed by atoms with Gasteiger partial charge in [0.05, 0.1) is 25.0 Å². The summed E-state index contributed by atoms with van der Waals surface area (Å²) in [6.07, 6.45) is 4.70. The van der Waals surface area contributed by atoms with Gasteiger partial charge in [-0.25, -0.2) is 0 Å². The molecule has 1 aromatic rings. The molecule has 4 aliphatic heterocycles. The molecule has 7 heteroatoms. The van der Waals surface area contributed by atoms with Crippen LogP contribution >= 0.6 is 24.0 Å². The lowest BCUT2D eigenvalue weighted by Gasteiger charge is -2.24. The molecule has 5 atom stereocenters. The standard InChI is InChI=1S/C23H34N4O2.HI/c1-3-24-23(27-14-17-18(15-27)21-9-8-20(17)29-21)25-12-16-10-11-26(13-16)19-6-4-5-7-22(19)28-2;/h4-7,16-18,20-21H,3,8-15H2,1-2H3,(H,24,25);1H. The predicted octanol–water partition coefficient (Wildman–Crippen LogP) is 3.21. The van der Waals surface area contributed by atoms with Crippen LogP contribution in [0.15, 0.2) is 29.3 Å². The largest absolute Gasteiger partial charge is 0.495 e. The minimum atomic E-state index is 0. The van der Waals surface area contributed by atoms with Crippen LogP contribution in [0.2, 0.25) is 0 Å². The highest BCUT2D eigenvalue weighted by atomic mass is 127. The van der Waals surface area contributed by atoms with Gasteiger partial charge in [-0.1, -0.05) is 12.1 Å². The Balaban J connectivity index is 0.00000218. The van der Waals surface area contributed by atoms with Gasteiger partial charge in [0.25, 0.3) is 0 Å². The van der Waals surface area contributed by atoms with Gasteiger partial charge in [-0.05, 0) is 44.2 Å². The highest BCUT2D eigenvalue weighted by Gasteiger charge is 2.53. The Morgan fingerprint density at radius 1 is 1.13 bits per heavy atom. The van der Waals surface area contributed by atoms with E-state index in [0.29, 0.717) is 30.0 Å². The van der Waals surface area contributed by atoms with Crippen LogP contribution in [0.1, 0.15) is 26.2 Å². The Morgan fingerprint density at radius 2 is 1.87 bits per heavy atom. The Bertz CT molecular complexity index is 742. The number of aliphatic imine (C=N–C) groups is 1. The third-order valence-electron chi connectivity index (χ3n) is 7.30. The summed E-state index contributed by atoms with van der Waals surface area (Å²) in [5.41, 5.74) is 1.20. The zero-order valence-corrected chi connectivity index (χ0v) is 20.5. The van der Waals surface area contributed by atoms with E-state index in [9.17, 15) is 0 Å². The fraction of sp³-hybridized carbons (Fsp3) is 0.696. The number of nitrogens with one attached hydrogen (secondary N) is 1. The molecule has 166 valence electrons. The summed E-state index contributed by atoms with van der Waals surface area (Å²) in [5, 5.41) is 3.55. The van der Waals surface area contributed by atoms with Crippen LogP contribution in [-0.4, -0.2) is 69.4 Å². The summed E-state index contributed by atoms with van der Waals surface area (Å²) < 4.78 is 11.7. The maximum Gasteiger partial charge on any atom is 0.193 e. The first kappa shape index (κ1) is 22.0. The third-order valence-corrected chi connectivity index (χ3v) is 7.30. The number of hydrogen-bond acceptors (Lipinski definition) is 4. The number of halogens is 1. The van der Waals surface area contributed by atoms with Crippen molar-refractivity contribution >= 4 is 35.6 Å². The lowest BCUT2D eigenvalue weighted by molar-refractivity contribution is 0.0767. The minimum absolute atomic E-state index is 0. The molecule has 6 nitrogen and oxygen atoms in total. The van der Waals surface area contributed by atoms with E-state index in [2.05, 4.69) is 34.2 Å². The molecule has 1 N–H and O–H groups in total.